The third-order valence-electron chi connectivity index (χ3n) is 6.80. The first-order valence-electron chi connectivity index (χ1n) is 12.1. The van der Waals surface area contributed by atoms with E-state index in [0.29, 0.717) is 0 Å². The molecule has 0 saturated heterocycles. The fourth-order valence-electron chi connectivity index (χ4n) is 6.16. The van der Waals surface area contributed by atoms with Crippen molar-refractivity contribution in [1.82, 2.24) is 0 Å². The van der Waals surface area contributed by atoms with Crippen LogP contribution in [0.2, 0.25) is 127 Å². The molecule has 0 fully saturated rings. The van der Waals surface area contributed by atoms with Gasteiger partial charge in [-0.25, -0.2) is 0 Å². The van der Waals surface area contributed by atoms with Crippen LogP contribution in [-0.4, -0.2) is 48.9 Å². The predicted molar refractivity (Wildman–Crippen MR) is 156 cm³/mol. The lowest BCUT2D eigenvalue weighted by Gasteiger charge is -2.42. The Morgan fingerprint density at radius 3 is 0.793 bits per heavy atom. The van der Waals surface area contributed by atoms with Crippen LogP contribution in [0.1, 0.15) is 12.8 Å². The van der Waals surface area contributed by atoms with Crippen molar-refractivity contribution < 1.29 is 4.12 Å². The number of rotatable bonds is 12. The third-order valence-corrected chi connectivity index (χ3v) is 34.1. The zero-order valence-electron chi connectivity index (χ0n) is 23.4. The monoisotopic (exact) mass is 506 g/mol. The first-order chi connectivity index (χ1) is 12.4. The molecule has 0 heterocycles. The van der Waals surface area contributed by atoms with Crippen molar-refractivity contribution in [2.75, 3.05) is 0 Å². The van der Waals surface area contributed by atoms with Crippen LogP contribution < -0.4 is 0 Å². The van der Waals surface area contributed by atoms with Gasteiger partial charge in [-0.15, -0.1) is 0 Å². The maximum Gasteiger partial charge on any atom is 0.173 e. The first kappa shape index (κ1) is 30.3. The van der Waals surface area contributed by atoms with Gasteiger partial charge in [0.25, 0.3) is 0 Å². The van der Waals surface area contributed by atoms with Gasteiger partial charge >= 0.3 is 0 Å². The van der Waals surface area contributed by atoms with Gasteiger partial charge in [0.15, 0.2) is 16.6 Å². The fourth-order valence-corrected chi connectivity index (χ4v) is 40.9. The average molecular weight is 507 g/mol. The third kappa shape index (κ3) is 11.6. The van der Waals surface area contributed by atoms with Gasteiger partial charge in [-0.05, 0) is 38.3 Å². The smallest absolute Gasteiger partial charge is 0.173 e. The van der Waals surface area contributed by atoms with Gasteiger partial charge in [0.1, 0.15) is 0 Å². The number of hydrogen-bond donors (Lipinski definition) is 0. The molecule has 29 heavy (non-hydrogen) atoms. The normalized spacial score (nSPS) is 15.5. The Balaban J connectivity index is 5.12. The Labute approximate surface area is 192 Å². The van der Waals surface area contributed by atoms with E-state index < -0.39 is 48.9 Å². The highest BCUT2D eigenvalue weighted by molar-refractivity contribution is 6.97. The molecule has 0 amide bonds. The highest BCUT2D eigenvalue weighted by Crippen LogP contribution is 2.40. The molecule has 1 nitrogen and oxygen atoms in total. The summed E-state index contributed by atoms with van der Waals surface area (Å²) in [5.74, 6) is 0. The first-order valence-corrected chi connectivity index (χ1v) is 32.6. The van der Waals surface area contributed by atoms with Crippen LogP contribution in [0.4, 0.5) is 0 Å². The molecule has 0 aliphatic carbocycles. The van der Waals surface area contributed by atoms with Crippen LogP contribution in [0.15, 0.2) is 0 Å². The number of hydrogen-bond acceptors (Lipinski definition) is 1. The minimum Gasteiger partial charge on any atom is -0.455 e. The van der Waals surface area contributed by atoms with Gasteiger partial charge in [0.2, 0.25) is 0 Å². The Morgan fingerprint density at radius 2 is 0.621 bits per heavy atom. The molecule has 0 radical (unpaired) electrons. The van der Waals surface area contributed by atoms with E-state index in [-0.39, 0.29) is 0 Å². The maximum atomic E-state index is 7.12. The molecule has 0 aromatic heterocycles. The van der Waals surface area contributed by atoms with Crippen molar-refractivity contribution in [2.24, 2.45) is 0 Å². The van der Waals surface area contributed by atoms with E-state index in [4.69, 9.17) is 4.12 Å². The van der Waals surface area contributed by atoms with Crippen molar-refractivity contribution in [3.63, 3.8) is 0 Å². The molecule has 0 N–H and O–H groups in total. The molecule has 0 bridgehead atoms. The largest absolute Gasteiger partial charge is 0.455 e. The highest BCUT2D eigenvalue weighted by atomic mass is 28.4. The van der Waals surface area contributed by atoms with Gasteiger partial charge in [-0.3, -0.25) is 0 Å². The second-order valence-corrected chi connectivity index (χ2v) is 47.0. The minimum absolute atomic E-state index is 1.01. The van der Waals surface area contributed by atoms with Gasteiger partial charge in [-0.1, -0.05) is 102 Å². The molecular formula is C22H58OSi6. The van der Waals surface area contributed by atoms with Crippen molar-refractivity contribution in [1.29, 1.82) is 0 Å². The van der Waals surface area contributed by atoms with Crippen molar-refractivity contribution in [3.05, 3.63) is 0 Å². The van der Waals surface area contributed by atoms with Crippen LogP contribution in [0.25, 0.3) is 0 Å². The molecule has 0 aromatic rings. The molecule has 7 heteroatoms. The Morgan fingerprint density at radius 1 is 0.414 bits per heavy atom. The molecule has 0 unspecified atom stereocenters. The van der Waals surface area contributed by atoms with Crippen molar-refractivity contribution in [2.45, 2.75) is 140 Å². The summed E-state index contributed by atoms with van der Waals surface area (Å²) in [4.78, 5) is 0. The topological polar surface area (TPSA) is 9.23 Å². The van der Waals surface area contributed by atoms with Crippen LogP contribution in [0.5, 0.6) is 0 Å². The van der Waals surface area contributed by atoms with Gasteiger partial charge in [0, 0.05) is 32.3 Å². The van der Waals surface area contributed by atoms with Crippen LogP contribution in [-0.2, 0) is 4.12 Å². The molecule has 0 aliphatic heterocycles. The van der Waals surface area contributed by atoms with E-state index in [0.717, 1.165) is 10.3 Å². The summed E-state index contributed by atoms with van der Waals surface area (Å²) < 4.78 is 7.12. The molecule has 0 aromatic carbocycles. The molecule has 0 aliphatic rings. The zero-order valence-corrected chi connectivity index (χ0v) is 29.4. The summed E-state index contributed by atoms with van der Waals surface area (Å²) in [5.41, 5.74) is 0. The van der Waals surface area contributed by atoms with Crippen molar-refractivity contribution >= 4 is 48.9 Å². The lowest BCUT2D eigenvalue weighted by Crippen LogP contribution is -2.48. The SMILES string of the molecule is C[Si](C)(CCC([Si](C)(C)C)[Si](C)(C)C)O[Si](C)(C)CCC([Si](C)(C)C)[Si](C)(C)C. The predicted octanol–water partition coefficient (Wildman–Crippen LogP) is 9.37. The molecule has 0 saturated carbocycles. The minimum atomic E-state index is -1.59. The maximum absolute atomic E-state index is 7.12. The summed E-state index contributed by atoms with van der Waals surface area (Å²) in [5, 5.41) is 2.02. The second-order valence-electron chi connectivity index (χ2n) is 15.3. The summed E-state index contributed by atoms with van der Waals surface area (Å²) in [6.45, 7) is 41.2. The Kier molecular flexibility index (Phi) is 10.5. The van der Waals surface area contributed by atoms with E-state index in [1.165, 1.54) is 24.9 Å². The molecule has 0 atom stereocenters. The zero-order chi connectivity index (χ0) is 23.7. The highest BCUT2D eigenvalue weighted by Gasteiger charge is 2.42. The second kappa shape index (κ2) is 10.0. The molecular weight excluding hydrogens is 449 g/mol. The van der Waals surface area contributed by atoms with Crippen LogP contribution in [0.3, 0.4) is 0 Å². The summed E-state index contributed by atoms with van der Waals surface area (Å²) in [7, 11) is -7.60. The summed E-state index contributed by atoms with van der Waals surface area (Å²) in [6, 6.07) is 2.74. The van der Waals surface area contributed by atoms with Gasteiger partial charge in [-0.2, -0.15) is 0 Å². The van der Waals surface area contributed by atoms with Gasteiger partial charge < -0.3 is 4.12 Å². The Bertz CT molecular complexity index is 429. The van der Waals surface area contributed by atoms with E-state index in [1.807, 2.05) is 0 Å². The average Bonchev–Trinajstić information content (AvgIpc) is 2.29. The molecule has 0 spiro atoms. The van der Waals surface area contributed by atoms with E-state index >= 15 is 0 Å². The lowest BCUT2D eigenvalue weighted by molar-refractivity contribution is 0.531. The van der Waals surface area contributed by atoms with Crippen molar-refractivity contribution in [3.8, 4) is 0 Å². The van der Waals surface area contributed by atoms with Crippen LogP contribution in [0, 0.1) is 0 Å². The van der Waals surface area contributed by atoms with E-state index in [9.17, 15) is 0 Å². The standard InChI is InChI=1S/C22H58OSi6/c1-24(2,3)21(25(4,5)6)17-19-28(13,14)23-29(15,16)20-18-22(26(7,8)9)27(10,11)12/h21-22H,17-20H2,1-16H3. The Hall–Kier alpha value is 1.26. The van der Waals surface area contributed by atoms with Gasteiger partial charge in [0.05, 0.1) is 0 Å². The van der Waals surface area contributed by atoms with E-state index in [1.54, 1.807) is 0 Å². The summed E-state index contributed by atoms with van der Waals surface area (Å²) in [6.07, 6.45) is 2.86. The summed E-state index contributed by atoms with van der Waals surface area (Å²) >= 11 is 0. The lowest BCUT2D eigenvalue weighted by atomic mass is 10.5. The molecule has 0 rings (SSSR count). The van der Waals surface area contributed by atoms with Crippen LogP contribution >= 0.6 is 0 Å². The van der Waals surface area contributed by atoms with E-state index in [2.05, 4.69) is 105 Å². The fraction of sp³-hybridized carbons (Fsp3) is 1.00. The molecule has 176 valence electrons. The quantitative estimate of drug-likeness (QED) is 0.239.